The van der Waals surface area contributed by atoms with Gasteiger partial charge >= 0.3 is 0 Å². The Kier molecular flexibility index (Phi) is 4.84. The molecule has 1 aromatic rings. The number of hydrogen-bond donors (Lipinski definition) is 1. The van der Waals surface area contributed by atoms with Crippen LogP contribution < -0.4 is 10.5 Å². The van der Waals surface area contributed by atoms with Crippen LogP contribution in [0.15, 0.2) is 22.7 Å². The van der Waals surface area contributed by atoms with Crippen molar-refractivity contribution in [3.05, 3.63) is 28.2 Å². The van der Waals surface area contributed by atoms with Gasteiger partial charge in [-0.05, 0) is 31.2 Å². The maximum atomic E-state index is 6.32. The van der Waals surface area contributed by atoms with E-state index in [1.54, 1.807) is 0 Å². The zero-order chi connectivity index (χ0) is 14.9. The second kappa shape index (κ2) is 6.49. The van der Waals surface area contributed by atoms with Gasteiger partial charge in [-0.1, -0.05) is 22.0 Å². The van der Waals surface area contributed by atoms with Gasteiger partial charge in [0.15, 0.2) is 0 Å². The fraction of sp³-hybridized carbons (Fsp3) is 0.625. The van der Waals surface area contributed by atoms with Crippen LogP contribution in [0.3, 0.4) is 0 Å². The fourth-order valence-electron chi connectivity index (χ4n) is 3.11. The Bertz CT molecular complexity index is 503. The van der Waals surface area contributed by atoms with Crippen molar-refractivity contribution in [2.24, 2.45) is 5.73 Å². The molecule has 2 fully saturated rings. The Hall–Kier alpha value is -0.230. The number of rotatable bonds is 3. The maximum absolute atomic E-state index is 6.32. The zero-order valence-corrected chi connectivity index (χ0v) is 14.7. The molecule has 21 heavy (non-hydrogen) atoms. The first-order valence-corrected chi connectivity index (χ1v) is 9.46. The summed E-state index contributed by atoms with van der Waals surface area (Å²) in [6, 6.07) is 6.07. The van der Waals surface area contributed by atoms with Gasteiger partial charge in [0.25, 0.3) is 0 Å². The first-order valence-electron chi connectivity index (χ1n) is 7.51. The predicted octanol–water partition coefficient (Wildman–Crippen LogP) is 3.90. The second-order valence-corrected chi connectivity index (χ2v) is 8.06. The number of ether oxygens (including phenoxy) is 2. The van der Waals surface area contributed by atoms with E-state index in [-0.39, 0.29) is 17.7 Å². The summed E-state index contributed by atoms with van der Waals surface area (Å²) in [5.41, 5.74) is 7.18. The SMILES string of the molecule is C[C@H](N)c1ccc(Br)cc1OC1CCOC2(CCSC2)C1. The van der Waals surface area contributed by atoms with E-state index >= 15 is 0 Å². The Labute approximate surface area is 139 Å². The van der Waals surface area contributed by atoms with Crippen molar-refractivity contribution in [1.82, 2.24) is 0 Å². The van der Waals surface area contributed by atoms with Crippen LogP contribution in [-0.4, -0.2) is 29.8 Å². The summed E-state index contributed by atoms with van der Waals surface area (Å²) in [6.45, 7) is 2.79. The molecule has 2 N–H and O–H groups in total. The van der Waals surface area contributed by atoms with E-state index in [0.29, 0.717) is 0 Å². The van der Waals surface area contributed by atoms with E-state index < -0.39 is 0 Å². The molecule has 0 bridgehead atoms. The molecule has 3 atom stereocenters. The Morgan fingerprint density at radius 3 is 3.10 bits per heavy atom. The summed E-state index contributed by atoms with van der Waals surface area (Å²) < 4.78 is 13.4. The van der Waals surface area contributed by atoms with Gasteiger partial charge < -0.3 is 15.2 Å². The third-order valence-corrected chi connectivity index (χ3v) is 5.99. The van der Waals surface area contributed by atoms with Crippen molar-refractivity contribution in [1.29, 1.82) is 0 Å². The van der Waals surface area contributed by atoms with Crippen molar-refractivity contribution < 1.29 is 9.47 Å². The number of benzene rings is 1. The molecule has 1 spiro atoms. The van der Waals surface area contributed by atoms with Crippen LogP contribution in [-0.2, 0) is 4.74 Å². The van der Waals surface area contributed by atoms with Gasteiger partial charge in [0, 0.05) is 34.7 Å². The van der Waals surface area contributed by atoms with Crippen molar-refractivity contribution in [3.63, 3.8) is 0 Å². The van der Waals surface area contributed by atoms with Crippen molar-refractivity contribution in [2.75, 3.05) is 18.1 Å². The lowest BCUT2D eigenvalue weighted by Gasteiger charge is -2.38. The second-order valence-electron chi connectivity index (χ2n) is 6.04. The van der Waals surface area contributed by atoms with Crippen LogP contribution in [0, 0.1) is 0 Å². The first-order chi connectivity index (χ1) is 10.1. The van der Waals surface area contributed by atoms with Crippen LogP contribution in [0.4, 0.5) is 0 Å². The summed E-state index contributed by atoms with van der Waals surface area (Å²) >= 11 is 5.51. The normalized spacial score (nSPS) is 30.5. The van der Waals surface area contributed by atoms with Gasteiger partial charge in [-0.15, -0.1) is 0 Å². The molecule has 0 amide bonds. The molecular weight excluding hydrogens is 350 g/mol. The smallest absolute Gasteiger partial charge is 0.125 e. The minimum Gasteiger partial charge on any atom is -0.490 e. The molecule has 0 saturated carbocycles. The minimum atomic E-state index is -0.0241. The molecule has 1 aromatic carbocycles. The Morgan fingerprint density at radius 2 is 2.38 bits per heavy atom. The van der Waals surface area contributed by atoms with Gasteiger partial charge in [-0.2, -0.15) is 11.8 Å². The monoisotopic (exact) mass is 371 g/mol. The molecule has 116 valence electrons. The van der Waals surface area contributed by atoms with Crippen LogP contribution in [0.1, 0.15) is 37.8 Å². The lowest BCUT2D eigenvalue weighted by atomic mass is 9.91. The zero-order valence-electron chi connectivity index (χ0n) is 12.3. The first kappa shape index (κ1) is 15.7. The maximum Gasteiger partial charge on any atom is 0.125 e. The molecule has 0 radical (unpaired) electrons. The molecule has 3 rings (SSSR count). The van der Waals surface area contributed by atoms with Gasteiger partial charge in [0.05, 0.1) is 12.2 Å². The van der Waals surface area contributed by atoms with Crippen molar-refractivity contribution >= 4 is 27.7 Å². The van der Waals surface area contributed by atoms with E-state index in [4.69, 9.17) is 15.2 Å². The highest BCUT2D eigenvalue weighted by atomic mass is 79.9. The topological polar surface area (TPSA) is 44.5 Å². The Morgan fingerprint density at radius 1 is 1.52 bits per heavy atom. The molecular formula is C16H22BrNO2S. The molecule has 5 heteroatoms. The van der Waals surface area contributed by atoms with E-state index in [1.165, 1.54) is 5.75 Å². The van der Waals surface area contributed by atoms with Crippen LogP contribution in [0.25, 0.3) is 0 Å². The predicted molar refractivity (Wildman–Crippen MR) is 91.0 cm³/mol. The van der Waals surface area contributed by atoms with E-state index in [9.17, 15) is 0 Å². The minimum absolute atomic E-state index is 0.0241. The van der Waals surface area contributed by atoms with E-state index in [1.807, 2.05) is 36.9 Å². The standard InChI is InChI=1S/C16H22BrNO2S/c1-11(18)14-3-2-12(17)8-15(14)20-13-4-6-19-16(9-13)5-7-21-10-16/h2-3,8,11,13H,4-7,9-10,18H2,1H3/t11-,13?,16?/m0/s1. The third-order valence-electron chi connectivity index (χ3n) is 4.27. The van der Waals surface area contributed by atoms with E-state index in [0.717, 1.165) is 47.4 Å². The van der Waals surface area contributed by atoms with Crippen LogP contribution >= 0.6 is 27.7 Å². The fourth-order valence-corrected chi connectivity index (χ4v) is 4.83. The molecule has 2 aliphatic rings. The highest BCUT2D eigenvalue weighted by Gasteiger charge is 2.41. The molecule has 2 unspecified atom stereocenters. The average Bonchev–Trinajstić information content (AvgIpc) is 2.86. The van der Waals surface area contributed by atoms with Gasteiger partial charge in [0.1, 0.15) is 11.9 Å². The van der Waals surface area contributed by atoms with Crippen molar-refractivity contribution in [3.8, 4) is 5.75 Å². The number of nitrogens with two attached hydrogens (primary N) is 1. The summed E-state index contributed by atoms with van der Waals surface area (Å²) in [5, 5.41) is 0. The highest BCUT2D eigenvalue weighted by molar-refractivity contribution is 9.10. The third kappa shape index (κ3) is 3.58. The largest absolute Gasteiger partial charge is 0.490 e. The molecule has 2 saturated heterocycles. The number of hydrogen-bond acceptors (Lipinski definition) is 4. The average molecular weight is 372 g/mol. The van der Waals surface area contributed by atoms with Crippen LogP contribution in [0.5, 0.6) is 5.75 Å². The Balaban J connectivity index is 1.75. The molecule has 2 aliphatic heterocycles. The number of thioether (sulfide) groups is 1. The molecule has 2 heterocycles. The summed E-state index contributed by atoms with van der Waals surface area (Å²) in [7, 11) is 0. The summed E-state index contributed by atoms with van der Waals surface area (Å²) in [6.07, 6.45) is 3.32. The van der Waals surface area contributed by atoms with Crippen molar-refractivity contribution in [2.45, 2.75) is 43.9 Å². The van der Waals surface area contributed by atoms with Crippen LogP contribution in [0.2, 0.25) is 0 Å². The lowest BCUT2D eigenvalue weighted by molar-refractivity contribution is -0.0960. The molecule has 3 nitrogen and oxygen atoms in total. The van der Waals surface area contributed by atoms with E-state index in [2.05, 4.69) is 15.9 Å². The van der Waals surface area contributed by atoms with Gasteiger partial charge in [-0.25, -0.2) is 0 Å². The lowest BCUT2D eigenvalue weighted by Crippen LogP contribution is -2.44. The van der Waals surface area contributed by atoms with Gasteiger partial charge in [-0.3, -0.25) is 0 Å². The summed E-state index contributed by atoms with van der Waals surface area (Å²) in [5.74, 6) is 3.22. The van der Waals surface area contributed by atoms with Gasteiger partial charge in [0.2, 0.25) is 0 Å². The quantitative estimate of drug-likeness (QED) is 0.874. The highest BCUT2D eigenvalue weighted by Crippen LogP contribution is 2.40. The summed E-state index contributed by atoms with van der Waals surface area (Å²) in [4.78, 5) is 0. The molecule has 0 aliphatic carbocycles. The molecule has 0 aromatic heterocycles. The number of halogens is 1.